The van der Waals surface area contributed by atoms with Crippen molar-refractivity contribution < 1.29 is 4.52 Å². The molecule has 2 atom stereocenters. The van der Waals surface area contributed by atoms with Crippen LogP contribution < -0.4 is 5.32 Å². The van der Waals surface area contributed by atoms with Crippen molar-refractivity contribution in [2.45, 2.75) is 19.8 Å². The van der Waals surface area contributed by atoms with Gasteiger partial charge in [-0.15, -0.1) is 0 Å². The van der Waals surface area contributed by atoms with Crippen molar-refractivity contribution in [2.75, 3.05) is 13.1 Å². The van der Waals surface area contributed by atoms with Crippen molar-refractivity contribution in [1.29, 1.82) is 0 Å². The zero-order valence-electron chi connectivity index (χ0n) is 8.99. The summed E-state index contributed by atoms with van der Waals surface area (Å²) in [7, 11) is 0. The largest absolute Gasteiger partial charge is 0.356 e. The van der Waals surface area contributed by atoms with E-state index in [-0.39, 0.29) is 0 Å². The molecule has 0 radical (unpaired) electrons. The van der Waals surface area contributed by atoms with Crippen LogP contribution in [0.15, 0.2) is 16.7 Å². The second-order valence-electron chi connectivity index (χ2n) is 4.65. The average Bonchev–Trinajstić information content (AvgIpc) is 2.82. The van der Waals surface area contributed by atoms with E-state index < -0.39 is 0 Å². The number of nitrogens with one attached hydrogen (secondary N) is 1. The summed E-state index contributed by atoms with van der Waals surface area (Å²) in [5, 5.41) is 7.39. The summed E-state index contributed by atoms with van der Waals surface area (Å²) < 4.78 is 5.32. The van der Waals surface area contributed by atoms with Gasteiger partial charge in [-0.25, -0.2) is 0 Å². The van der Waals surface area contributed by atoms with Crippen LogP contribution >= 0.6 is 0 Å². The molecule has 0 aromatic carbocycles. The van der Waals surface area contributed by atoms with Crippen molar-refractivity contribution in [2.24, 2.45) is 11.8 Å². The van der Waals surface area contributed by atoms with Gasteiger partial charge in [0.25, 0.3) is 0 Å². The number of hydrogen-bond donors (Lipinski definition) is 1. The Labute approximate surface area is 89.5 Å². The molecule has 2 unspecified atom stereocenters. The van der Waals surface area contributed by atoms with Gasteiger partial charge in [-0.05, 0) is 43.7 Å². The Hall–Kier alpha value is -1.09. The third-order valence-corrected chi connectivity index (χ3v) is 3.52. The number of rotatable bonds is 1. The topological polar surface area (TPSA) is 38.1 Å². The molecule has 0 saturated carbocycles. The number of hydrogen-bond acceptors (Lipinski definition) is 3. The Morgan fingerprint density at radius 1 is 1.53 bits per heavy atom. The van der Waals surface area contributed by atoms with Crippen LogP contribution in [0.3, 0.4) is 0 Å². The number of aromatic nitrogens is 1. The molecule has 1 saturated heterocycles. The van der Waals surface area contributed by atoms with Crippen molar-refractivity contribution >= 4 is 5.57 Å². The Morgan fingerprint density at radius 2 is 2.47 bits per heavy atom. The van der Waals surface area contributed by atoms with Crippen LogP contribution in [0.2, 0.25) is 0 Å². The maximum Gasteiger partial charge on any atom is 0.162 e. The Bertz CT molecular complexity index is 394. The number of allylic oxidation sites excluding steroid dienone is 1. The lowest BCUT2D eigenvalue weighted by molar-refractivity contribution is 0.322. The highest BCUT2D eigenvalue weighted by atomic mass is 16.5. The SMILES string of the molecule is Cc1cc(C2=CC3CNCCC3C2)on1. The van der Waals surface area contributed by atoms with Crippen molar-refractivity contribution in [3.05, 3.63) is 23.6 Å². The minimum absolute atomic E-state index is 0.708. The van der Waals surface area contributed by atoms with E-state index in [0.29, 0.717) is 5.92 Å². The predicted molar refractivity (Wildman–Crippen MR) is 58.3 cm³/mol. The molecule has 1 aliphatic carbocycles. The van der Waals surface area contributed by atoms with Crippen LogP contribution in [0.4, 0.5) is 0 Å². The van der Waals surface area contributed by atoms with Crippen LogP contribution in [-0.4, -0.2) is 18.2 Å². The first-order chi connectivity index (χ1) is 7.33. The summed E-state index contributed by atoms with van der Waals surface area (Å²) in [4.78, 5) is 0. The standard InChI is InChI=1S/C12H16N2O/c1-8-4-12(15-14-8)10-5-9-2-3-13-7-11(9)6-10/h4,6,9,11,13H,2-3,5,7H2,1H3. The third-order valence-electron chi connectivity index (χ3n) is 3.52. The van der Waals surface area contributed by atoms with Gasteiger partial charge in [0.1, 0.15) is 0 Å². The monoisotopic (exact) mass is 204 g/mol. The van der Waals surface area contributed by atoms with Gasteiger partial charge in [-0.1, -0.05) is 11.2 Å². The molecule has 0 amide bonds. The quantitative estimate of drug-likeness (QED) is 0.760. The van der Waals surface area contributed by atoms with E-state index in [0.717, 1.165) is 30.5 Å². The van der Waals surface area contributed by atoms with Crippen LogP contribution in [0.25, 0.3) is 5.57 Å². The lowest BCUT2D eigenvalue weighted by Gasteiger charge is -2.25. The zero-order chi connectivity index (χ0) is 10.3. The number of nitrogens with zero attached hydrogens (tertiary/aromatic N) is 1. The van der Waals surface area contributed by atoms with Crippen molar-refractivity contribution in [1.82, 2.24) is 10.5 Å². The Morgan fingerprint density at radius 3 is 3.20 bits per heavy atom. The predicted octanol–water partition coefficient (Wildman–Crippen LogP) is 2.00. The van der Waals surface area contributed by atoms with E-state index in [2.05, 4.69) is 16.5 Å². The summed E-state index contributed by atoms with van der Waals surface area (Å²) >= 11 is 0. The Balaban J connectivity index is 1.83. The molecule has 3 heteroatoms. The first-order valence-corrected chi connectivity index (χ1v) is 5.68. The van der Waals surface area contributed by atoms with Gasteiger partial charge in [0, 0.05) is 12.6 Å². The molecule has 3 nitrogen and oxygen atoms in total. The van der Waals surface area contributed by atoms with Crippen LogP contribution in [0.5, 0.6) is 0 Å². The summed E-state index contributed by atoms with van der Waals surface area (Å²) in [6.45, 7) is 4.26. The molecule has 1 N–H and O–H groups in total. The number of fused-ring (bicyclic) bond motifs is 1. The molecule has 2 heterocycles. The van der Waals surface area contributed by atoms with E-state index in [9.17, 15) is 0 Å². The summed E-state index contributed by atoms with van der Waals surface area (Å²) in [6, 6.07) is 2.04. The van der Waals surface area contributed by atoms with E-state index in [1.54, 1.807) is 0 Å². The third kappa shape index (κ3) is 1.61. The molecule has 2 aliphatic rings. The maximum absolute atomic E-state index is 5.32. The normalized spacial score (nSPS) is 30.1. The van der Waals surface area contributed by atoms with Gasteiger partial charge < -0.3 is 9.84 Å². The van der Waals surface area contributed by atoms with E-state index in [1.165, 1.54) is 18.4 Å². The second-order valence-corrected chi connectivity index (χ2v) is 4.65. The fourth-order valence-electron chi connectivity index (χ4n) is 2.69. The highest BCUT2D eigenvalue weighted by Crippen LogP contribution is 2.39. The summed E-state index contributed by atoms with van der Waals surface area (Å²) in [5.74, 6) is 2.51. The minimum Gasteiger partial charge on any atom is -0.356 e. The molecule has 1 fully saturated rings. The molecule has 1 aromatic heterocycles. The van der Waals surface area contributed by atoms with E-state index in [4.69, 9.17) is 4.52 Å². The molecular weight excluding hydrogens is 188 g/mol. The lowest BCUT2D eigenvalue weighted by Crippen LogP contribution is -2.33. The van der Waals surface area contributed by atoms with Gasteiger partial charge in [0.2, 0.25) is 0 Å². The highest BCUT2D eigenvalue weighted by Gasteiger charge is 2.31. The second kappa shape index (κ2) is 3.49. The van der Waals surface area contributed by atoms with E-state index in [1.807, 2.05) is 13.0 Å². The fraction of sp³-hybridized carbons (Fsp3) is 0.583. The fourth-order valence-corrected chi connectivity index (χ4v) is 2.69. The molecule has 80 valence electrons. The van der Waals surface area contributed by atoms with E-state index >= 15 is 0 Å². The summed E-state index contributed by atoms with van der Waals surface area (Å²) in [5.41, 5.74) is 2.33. The highest BCUT2D eigenvalue weighted by molar-refractivity contribution is 5.64. The van der Waals surface area contributed by atoms with Gasteiger partial charge in [0.15, 0.2) is 5.76 Å². The van der Waals surface area contributed by atoms with Gasteiger partial charge in [-0.3, -0.25) is 0 Å². The average molecular weight is 204 g/mol. The molecule has 1 aliphatic heterocycles. The zero-order valence-corrected chi connectivity index (χ0v) is 8.99. The summed E-state index contributed by atoms with van der Waals surface area (Å²) in [6.07, 6.45) is 4.83. The molecular formula is C12H16N2O. The van der Waals surface area contributed by atoms with Gasteiger partial charge in [-0.2, -0.15) is 0 Å². The van der Waals surface area contributed by atoms with Crippen molar-refractivity contribution in [3.8, 4) is 0 Å². The van der Waals surface area contributed by atoms with Gasteiger partial charge >= 0.3 is 0 Å². The molecule has 1 aromatic rings. The molecule has 0 bridgehead atoms. The first kappa shape index (κ1) is 9.16. The van der Waals surface area contributed by atoms with Crippen LogP contribution in [-0.2, 0) is 0 Å². The number of piperidine rings is 1. The van der Waals surface area contributed by atoms with Gasteiger partial charge in [0.05, 0.1) is 5.69 Å². The molecule has 3 rings (SSSR count). The Kier molecular flexibility index (Phi) is 2.13. The lowest BCUT2D eigenvalue weighted by atomic mass is 9.89. The first-order valence-electron chi connectivity index (χ1n) is 5.68. The van der Waals surface area contributed by atoms with Crippen molar-refractivity contribution in [3.63, 3.8) is 0 Å². The van der Waals surface area contributed by atoms with Crippen LogP contribution in [0.1, 0.15) is 24.3 Å². The number of aryl methyl sites for hydroxylation is 1. The van der Waals surface area contributed by atoms with Crippen LogP contribution in [0, 0.1) is 18.8 Å². The minimum atomic E-state index is 0.708. The smallest absolute Gasteiger partial charge is 0.162 e. The molecule has 0 spiro atoms. The molecule has 15 heavy (non-hydrogen) atoms. The maximum atomic E-state index is 5.32.